The number of hydrogen-bond acceptors (Lipinski definition) is 2. The van der Waals surface area contributed by atoms with Crippen molar-refractivity contribution >= 4 is 5.57 Å². The van der Waals surface area contributed by atoms with Crippen molar-refractivity contribution in [2.75, 3.05) is 0 Å². The highest BCUT2D eigenvalue weighted by Crippen LogP contribution is 2.34. The maximum atomic E-state index is 4.54. The summed E-state index contributed by atoms with van der Waals surface area (Å²) in [6.45, 7) is 7.95. The molecule has 0 bridgehead atoms. The highest BCUT2D eigenvalue weighted by atomic mass is 14.9. The Balaban J connectivity index is 2.30. The highest BCUT2D eigenvalue weighted by Gasteiger charge is 2.22. The van der Waals surface area contributed by atoms with E-state index >= 15 is 0 Å². The van der Waals surface area contributed by atoms with Crippen molar-refractivity contribution in [1.29, 1.82) is 0 Å². The van der Waals surface area contributed by atoms with Gasteiger partial charge in [0.25, 0.3) is 0 Å². The Morgan fingerprint density at radius 3 is 2.64 bits per heavy atom. The van der Waals surface area contributed by atoms with E-state index in [0.717, 1.165) is 22.7 Å². The van der Waals surface area contributed by atoms with Gasteiger partial charge in [0.05, 0.1) is 0 Å². The van der Waals surface area contributed by atoms with Crippen LogP contribution in [0.4, 0.5) is 0 Å². The van der Waals surface area contributed by atoms with Crippen molar-refractivity contribution in [2.45, 2.75) is 39.0 Å². The second kappa shape index (κ2) is 3.52. The summed E-state index contributed by atoms with van der Waals surface area (Å²) < 4.78 is 0. The summed E-state index contributed by atoms with van der Waals surface area (Å²) in [4.78, 5) is 8.96. The van der Waals surface area contributed by atoms with E-state index in [1.807, 2.05) is 20.0 Å². The molecule has 0 aliphatic heterocycles. The SMILES string of the molecule is C=C(C)c1cnc(C2CCC2)nc1C. The Morgan fingerprint density at radius 2 is 2.21 bits per heavy atom. The quantitative estimate of drug-likeness (QED) is 0.712. The molecule has 0 amide bonds. The van der Waals surface area contributed by atoms with E-state index in [4.69, 9.17) is 0 Å². The van der Waals surface area contributed by atoms with Crippen LogP contribution < -0.4 is 0 Å². The normalized spacial score (nSPS) is 16.4. The fourth-order valence-electron chi connectivity index (χ4n) is 1.77. The van der Waals surface area contributed by atoms with Crippen LogP contribution in [0.25, 0.3) is 5.57 Å². The smallest absolute Gasteiger partial charge is 0.131 e. The first-order valence-electron chi connectivity index (χ1n) is 5.18. The molecular weight excluding hydrogens is 172 g/mol. The molecule has 1 fully saturated rings. The second-order valence-corrected chi connectivity index (χ2v) is 4.14. The van der Waals surface area contributed by atoms with Gasteiger partial charge in [0, 0.05) is 23.4 Å². The number of aryl methyl sites for hydroxylation is 1. The van der Waals surface area contributed by atoms with Gasteiger partial charge in [-0.15, -0.1) is 0 Å². The minimum atomic E-state index is 0.618. The third kappa shape index (κ3) is 1.57. The monoisotopic (exact) mass is 188 g/mol. The molecule has 1 aliphatic carbocycles. The lowest BCUT2D eigenvalue weighted by Crippen LogP contribution is -2.13. The largest absolute Gasteiger partial charge is 0.240 e. The molecule has 2 nitrogen and oxygen atoms in total. The maximum Gasteiger partial charge on any atom is 0.131 e. The maximum absolute atomic E-state index is 4.54. The van der Waals surface area contributed by atoms with Crippen LogP contribution in [0.15, 0.2) is 12.8 Å². The number of nitrogens with zero attached hydrogens (tertiary/aromatic N) is 2. The van der Waals surface area contributed by atoms with E-state index in [2.05, 4.69) is 16.5 Å². The van der Waals surface area contributed by atoms with Crippen molar-refractivity contribution in [1.82, 2.24) is 9.97 Å². The van der Waals surface area contributed by atoms with E-state index < -0.39 is 0 Å². The van der Waals surface area contributed by atoms with Gasteiger partial charge < -0.3 is 0 Å². The fraction of sp³-hybridized carbons (Fsp3) is 0.500. The van der Waals surface area contributed by atoms with Crippen LogP contribution in [0, 0.1) is 6.92 Å². The summed E-state index contributed by atoms with van der Waals surface area (Å²) in [5.41, 5.74) is 3.20. The Labute approximate surface area is 85.1 Å². The lowest BCUT2D eigenvalue weighted by atomic mass is 9.85. The molecule has 0 aromatic carbocycles. The topological polar surface area (TPSA) is 25.8 Å². The van der Waals surface area contributed by atoms with Crippen LogP contribution >= 0.6 is 0 Å². The molecule has 0 unspecified atom stereocenters. The van der Waals surface area contributed by atoms with Crippen LogP contribution in [-0.2, 0) is 0 Å². The van der Waals surface area contributed by atoms with Crippen molar-refractivity contribution in [3.05, 3.63) is 29.9 Å². The number of hydrogen-bond donors (Lipinski definition) is 0. The van der Waals surface area contributed by atoms with E-state index in [1.165, 1.54) is 19.3 Å². The van der Waals surface area contributed by atoms with Gasteiger partial charge >= 0.3 is 0 Å². The first-order valence-corrected chi connectivity index (χ1v) is 5.18. The standard InChI is InChI=1S/C12H16N2/c1-8(2)11-7-13-12(14-9(11)3)10-5-4-6-10/h7,10H,1,4-6H2,2-3H3. The Bertz CT molecular complexity index is 365. The minimum absolute atomic E-state index is 0.618. The van der Waals surface area contributed by atoms with Gasteiger partial charge in [-0.2, -0.15) is 0 Å². The second-order valence-electron chi connectivity index (χ2n) is 4.14. The average Bonchev–Trinajstić information content (AvgIpc) is 2.00. The van der Waals surface area contributed by atoms with Crippen molar-refractivity contribution < 1.29 is 0 Å². The Hall–Kier alpha value is -1.18. The summed E-state index contributed by atoms with van der Waals surface area (Å²) >= 11 is 0. The summed E-state index contributed by atoms with van der Waals surface area (Å²) in [6.07, 6.45) is 5.76. The van der Waals surface area contributed by atoms with Crippen LogP contribution in [0.5, 0.6) is 0 Å². The first-order chi connectivity index (χ1) is 6.68. The van der Waals surface area contributed by atoms with Crippen molar-refractivity contribution in [2.24, 2.45) is 0 Å². The first kappa shape index (κ1) is 9.38. The molecule has 0 radical (unpaired) electrons. The molecule has 0 N–H and O–H groups in total. The molecule has 0 saturated heterocycles. The molecule has 2 heteroatoms. The molecular formula is C12H16N2. The van der Waals surface area contributed by atoms with E-state index in [9.17, 15) is 0 Å². The fourth-order valence-corrected chi connectivity index (χ4v) is 1.77. The predicted octanol–water partition coefficient (Wildman–Crippen LogP) is 3.09. The highest BCUT2D eigenvalue weighted by molar-refractivity contribution is 5.62. The van der Waals surface area contributed by atoms with Gasteiger partial charge in [-0.3, -0.25) is 0 Å². The summed E-state index contributed by atoms with van der Waals surface area (Å²) in [6, 6.07) is 0. The van der Waals surface area contributed by atoms with Gasteiger partial charge in [-0.05, 0) is 32.3 Å². The van der Waals surface area contributed by atoms with Crippen LogP contribution in [0.3, 0.4) is 0 Å². The molecule has 14 heavy (non-hydrogen) atoms. The lowest BCUT2D eigenvalue weighted by molar-refractivity contribution is 0.400. The third-order valence-electron chi connectivity index (χ3n) is 2.93. The zero-order valence-electron chi connectivity index (χ0n) is 8.88. The van der Waals surface area contributed by atoms with Crippen LogP contribution in [0.2, 0.25) is 0 Å². The Morgan fingerprint density at radius 1 is 1.50 bits per heavy atom. The number of rotatable bonds is 2. The Kier molecular flexibility index (Phi) is 2.36. The molecule has 1 saturated carbocycles. The zero-order valence-corrected chi connectivity index (χ0v) is 8.88. The third-order valence-corrected chi connectivity index (χ3v) is 2.93. The average molecular weight is 188 g/mol. The van der Waals surface area contributed by atoms with Crippen LogP contribution in [0.1, 0.15) is 49.2 Å². The minimum Gasteiger partial charge on any atom is -0.240 e. The molecule has 1 aromatic rings. The van der Waals surface area contributed by atoms with Crippen molar-refractivity contribution in [3.8, 4) is 0 Å². The predicted molar refractivity (Wildman–Crippen MR) is 58.1 cm³/mol. The van der Waals surface area contributed by atoms with Gasteiger partial charge in [0.1, 0.15) is 5.82 Å². The van der Waals surface area contributed by atoms with E-state index in [-0.39, 0.29) is 0 Å². The molecule has 1 aromatic heterocycles. The van der Waals surface area contributed by atoms with E-state index in [0.29, 0.717) is 5.92 Å². The molecule has 2 rings (SSSR count). The zero-order chi connectivity index (χ0) is 10.1. The van der Waals surface area contributed by atoms with Gasteiger partial charge in [0.2, 0.25) is 0 Å². The summed E-state index contributed by atoms with van der Waals surface area (Å²) in [7, 11) is 0. The molecule has 1 aliphatic rings. The summed E-state index contributed by atoms with van der Waals surface area (Å²) in [5, 5.41) is 0. The number of aromatic nitrogens is 2. The van der Waals surface area contributed by atoms with Crippen LogP contribution in [-0.4, -0.2) is 9.97 Å². The molecule has 0 spiro atoms. The van der Waals surface area contributed by atoms with Crippen molar-refractivity contribution in [3.63, 3.8) is 0 Å². The molecule has 0 atom stereocenters. The molecule has 74 valence electrons. The summed E-state index contributed by atoms with van der Waals surface area (Å²) in [5.74, 6) is 1.65. The molecule has 1 heterocycles. The van der Waals surface area contributed by atoms with Gasteiger partial charge in [0.15, 0.2) is 0 Å². The van der Waals surface area contributed by atoms with Gasteiger partial charge in [-0.25, -0.2) is 9.97 Å². The lowest BCUT2D eigenvalue weighted by Gasteiger charge is -2.24. The van der Waals surface area contributed by atoms with E-state index in [1.54, 1.807) is 0 Å². The van der Waals surface area contributed by atoms with Gasteiger partial charge in [-0.1, -0.05) is 13.0 Å². The number of allylic oxidation sites excluding steroid dienone is 1.